The number of hydrogen-bond acceptors (Lipinski definition) is 5. The van der Waals surface area contributed by atoms with E-state index in [2.05, 4.69) is 10.3 Å². The molecule has 1 saturated heterocycles. The van der Waals surface area contributed by atoms with Crippen LogP contribution in [0.2, 0.25) is 10.0 Å². The zero-order valence-corrected chi connectivity index (χ0v) is 21.2. The van der Waals surface area contributed by atoms with E-state index in [1.807, 2.05) is 19.9 Å². The van der Waals surface area contributed by atoms with Gasteiger partial charge in [-0.3, -0.25) is 4.79 Å². The summed E-state index contributed by atoms with van der Waals surface area (Å²) < 4.78 is 25.5. The lowest BCUT2D eigenvalue weighted by molar-refractivity contribution is -0.115. The fraction of sp³-hybridized carbons (Fsp3) is 0.154. The third kappa shape index (κ3) is 5.99. The molecule has 1 N–H and O–H groups in total. The van der Waals surface area contributed by atoms with E-state index in [0.29, 0.717) is 50.0 Å². The molecular formula is C26H21Cl2FN2O3S. The van der Waals surface area contributed by atoms with Crippen LogP contribution in [0, 0.1) is 12.7 Å². The first kappa shape index (κ1) is 25.1. The molecule has 35 heavy (non-hydrogen) atoms. The highest BCUT2D eigenvalue weighted by molar-refractivity contribution is 8.18. The number of ether oxygens (including phenoxy) is 2. The second-order valence-electron chi connectivity index (χ2n) is 7.51. The number of amidine groups is 1. The van der Waals surface area contributed by atoms with Gasteiger partial charge in [0.05, 0.1) is 22.2 Å². The van der Waals surface area contributed by atoms with E-state index in [9.17, 15) is 9.18 Å². The second-order valence-corrected chi connectivity index (χ2v) is 9.35. The molecule has 3 aromatic carbocycles. The number of aliphatic imine (C=N–C) groups is 1. The van der Waals surface area contributed by atoms with Gasteiger partial charge in [-0.2, -0.15) is 0 Å². The third-order valence-electron chi connectivity index (χ3n) is 5.07. The molecule has 0 aromatic heterocycles. The molecule has 0 spiro atoms. The number of carbonyl (C=O) groups is 1. The van der Waals surface area contributed by atoms with Crippen molar-refractivity contribution in [3.8, 4) is 11.5 Å². The third-order valence-corrected chi connectivity index (χ3v) is 6.67. The van der Waals surface area contributed by atoms with Crippen LogP contribution in [-0.4, -0.2) is 17.7 Å². The van der Waals surface area contributed by atoms with Gasteiger partial charge in [-0.15, -0.1) is 0 Å². The Morgan fingerprint density at radius 3 is 2.66 bits per heavy atom. The van der Waals surface area contributed by atoms with Crippen LogP contribution in [0.4, 0.5) is 10.1 Å². The number of thioether (sulfide) groups is 1. The number of rotatable bonds is 7. The number of amides is 1. The maximum atomic E-state index is 14.0. The minimum absolute atomic E-state index is 0.00605. The van der Waals surface area contributed by atoms with Gasteiger partial charge in [0, 0.05) is 10.6 Å². The second kappa shape index (κ2) is 11.2. The van der Waals surface area contributed by atoms with E-state index in [1.165, 1.54) is 17.8 Å². The molecule has 4 rings (SSSR count). The maximum absolute atomic E-state index is 14.0. The lowest BCUT2D eigenvalue weighted by Gasteiger charge is -2.15. The molecule has 1 amide bonds. The summed E-state index contributed by atoms with van der Waals surface area (Å²) in [5, 5.41) is 4.11. The molecule has 0 unspecified atom stereocenters. The lowest BCUT2D eigenvalue weighted by atomic mass is 10.1. The van der Waals surface area contributed by atoms with Crippen molar-refractivity contribution in [2.45, 2.75) is 20.5 Å². The first-order chi connectivity index (χ1) is 16.9. The molecule has 0 radical (unpaired) electrons. The molecule has 0 saturated carbocycles. The van der Waals surface area contributed by atoms with Crippen molar-refractivity contribution in [3.05, 3.63) is 92.1 Å². The SMILES string of the molecule is CCOc1cc(/C=C2/SC(=Nc3cccc(Cl)c3C)NC2=O)cc(Cl)c1OCc1ccccc1F. The fourth-order valence-corrected chi connectivity index (χ4v) is 4.58. The van der Waals surface area contributed by atoms with Gasteiger partial charge in [-0.25, -0.2) is 9.38 Å². The van der Waals surface area contributed by atoms with Crippen molar-refractivity contribution in [3.63, 3.8) is 0 Å². The number of halogens is 3. The highest BCUT2D eigenvalue weighted by Gasteiger charge is 2.24. The molecule has 1 heterocycles. The average molecular weight is 531 g/mol. The van der Waals surface area contributed by atoms with Gasteiger partial charge in [0.2, 0.25) is 0 Å². The highest BCUT2D eigenvalue weighted by Crippen LogP contribution is 2.39. The normalized spacial score (nSPS) is 15.5. The van der Waals surface area contributed by atoms with Crippen molar-refractivity contribution < 1.29 is 18.7 Å². The van der Waals surface area contributed by atoms with E-state index in [1.54, 1.807) is 48.5 Å². The smallest absolute Gasteiger partial charge is 0.264 e. The van der Waals surface area contributed by atoms with Crippen LogP contribution in [0.3, 0.4) is 0 Å². The lowest BCUT2D eigenvalue weighted by Crippen LogP contribution is -2.19. The minimum atomic E-state index is -0.363. The molecule has 5 nitrogen and oxygen atoms in total. The molecule has 1 fully saturated rings. The van der Waals surface area contributed by atoms with Crippen molar-refractivity contribution >= 4 is 57.8 Å². The summed E-state index contributed by atoms with van der Waals surface area (Å²) >= 11 is 13.9. The first-order valence-corrected chi connectivity index (χ1v) is 12.3. The summed E-state index contributed by atoms with van der Waals surface area (Å²) in [5.74, 6) is 0.0659. The van der Waals surface area contributed by atoms with Gasteiger partial charge in [-0.05, 0) is 73.1 Å². The Labute approximate surface area is 216 Å². The summed E-state index contributed by atoms with van der Waals surface area (Å²) in [4.78, 5) is 17.5. The van der Waals surface area contributed by atoms with Gasteiger partial charge in [0.25, 0.3) is 5.91 Å². The summed E-state index contributed by atoms with van der Waals surface area (Å²) in [6, 6.07) is 15.2. The van der Waals surface area contributed by atoms with Gasteiger partial charge < -0.3 is 14.8 Å². The standard InChI is InChI=1S/C26H21Cl2FN2O3S/c1-3-33-22-12-16(11-19(28)24(22)34-14-17-7-4-5-9-20(17)29)13-23-25(32)31-26(35-23)30-21-10-6-8-18(27)15(21)2/h4-13H,3,14H2,1-2H3,(H,30,31,32)/b23-13+. The van der Waals surface area contributed by atoms with E-state index in [0.717, 1.165) is 5.56 Å². The molecule has 1 aliphatic rings. The zero-order valence-electron chi connectivity index (χ0n) is 18.9. The summed E-state index contributed by atoms with van der Waals surface area (Å²) in [7, 11) is 0. The quantitative estimate of drug-likeness (QED) is 0.325. The Morgan fingerprint density at radius 1 is 1.09 bits per heavy atom. The van der Waals surface area contributed by atoms with Crippen LogP contribution < -0.4 is 14.8 Å². The number of nitrogens with one attached hydrogen (secondary N) is 1. The molecule has 0 aliphatic carbocycles. The van der Waals surface area contributed by atoms with Gasteiger partial charge in [-0.1, -0.05) is 47.5 Å². The van der Waals surface area contributed by atoms with Crippen molar-refractivity contribution in [2.24, 2.45) is 4.99 Å². The van der Waals surface area contributed by atoms with Gasteiger partial charge in [0.1, 0.15) is 12.4 Å². The molecule has 0 bridgehead atoms. The van der Waals surface area contributed by atoms with E-state index in [-0.39, 0.29) is 23.4 Å². The predicted molar refractivity (Wildman–Crippen MR) is 140 cm³/mol. The number of carbonyl (C=O) groups excluding carboxylic acids is 1. The number of nitrogens with zero attached hydrogens (tertiary/aromatic N) is 1. The van der Waals surface area contributed by atoms with Crippen LogP contribution >= 0.6 is 35.0 Å². The Kier molecular flexibility index (Phi) is 8.00. The monoisotopic (exact) mass is 530 g/mol. The van der Waals surface area contributed by atoms with E-state index in [4.69, 9.17) is 32.7 Å². The van der Waals surface area contributed by atoms with Crippen molar-refractivity contribution in [1.29, 1.82) is 0 Å². The zero-order chi connectivity index (χ0) is 24.9. The molecular weight excluding hydrogens is 510 g/mol. The predicted octanol–water partition coefficient (Wildman–Crippen LogP) is 7.31. The molecule has 9 heteroatoms. The Balaban J connectivity index is 1.58. The Morgan fingerprint density at radius 2 is 1.89 bits per heavy atom. The van der Waals surface area contributed by atoms with Crippen LogP contribution in [0.5, 0.6) is 11.5 Å². The molecule has 3 aromatic rings. The van der Waals surface area contributed by atoms with Crippen LogP contribution in [0.25, 0.3) is 6.08 Å². The average Bonchev–Trinajstić information content (AvgIpc) is 3.16. The summed E-state index contributed by atoms with van der Waals surface area (Å²) in [6.45, 7) is 4.07. The number of benzene rings is 3. The fourth-order valence-electron chi connectivity index (χ4n) is 3.30. The topological polar surface area (TPSA) is 59.9 Å². The van der Waals surface area contributed by atoms with Crippen molar-refractivity contribution in [1.82, 2.24) is 5.32 Å². The summed E-state index contributed by atoms with van der Waals surface area (Å²) in [5.41, 5.74) is 2.56. The number of hydrogen-bond donors (Lipinski definition) is 1. The van der Waals surface area contributed by atoms with Crippen LogP contribution in [-0.2, 0) is 11.4 Å². The van der Waals surface area contributed by atoms with Crippen LogP contribution in [0.15, 0.2) is 64.5 Å². The van der Waals surface area contributed by atoms with Gasteiger partial charge in [0.15, 0.2) is 16.7 Å². The highest BCUT2D eigenvalue weighted by atomic mass is 35.5. The van der Waals surface area contributed by atoms with E-state index >= 15 is 0 Å². The van der Waals surface area contributed by atoms with Crippen LogP contribution in [0.1, 0.15) is 23.6 Å². The Hall–Kier alpha value is -3.00. The minimum Gasteiger partial charge on any atom is -0.490 e. The molecule has 1 aliphatic heterocycles. The summed E-state index contributed by atoms with van der Waals surface area (Å²) in [6.07, 6.45) is 1.70. The van der Waals surface area contributed by atoms with Crippen molar-refractivity contribution in [2.75, 3.05) is 6.61 Å². The molecule has 0 atom stereocenters. The van der Waals surface area contributed by atoms with E-state index < -0.39 is 0 Å². The maximum Gasteiger partial charge on any atom is 0.264 e. The first-order valence-electron chi connectivity index (χ1n) is 10.7. The molecule has 180 valence electrons. The Bertz CT molecular complexity index is 1340. The van der Waals surface area contributed by atoms with Gasteiger partial charge >= 0.3 is 0 Å². The largest absolute Gasteiger partial charge is 0.490 e.